The number of hydrogen-bond acceptors (Lipinski definition) is 7. The van der Waals surface area contributed by atoms with Gasteiger partial charge in [-0.25, -0.2) is 4.68 Å². The monoisotopic (exact) mass is 490 g/mol. The zero-order valence-electron chi connectivity index (χ0n) is 21.4. The van der Waals surface area contributed by atoms with Crippen LogP contribution in [0.5, 0.6) is 0 Å². The van der Waals surface area contributed by atoms with Crippen molar-refractivity contribution in [2.24, 2.45) is 5.92 Å². The van der Waals surface area contributed by atoms with Crippen molar-refractivity contribution in [3.8, 4) is 0 Å². The second-order valence-corrected chi connectivity index (χ2v) is 10.2. The molecule has 0 saturated carbocycles. The lowest BCUT2D eigenvalue weighted by Crippen LogP contribution is -2.40. The van der Waals surface area contributed by atoms with Gasteiger partial charge in [-0.2, -0.15) is 0 Å². The molecule has 2 atom stereocenters. The molecule has 1 aliphatic rings. The van der Waals surface area contributed by atoms with E-state index in [1.165, 1.54) is 0 Å². The smallest absolute Gasteiger partial charge is 0.252 e. The number of hydrogen-bond donors (Lipinski definition) is 1. The van der Waals surface area contributed by atoms with E-state index in [2.05, 4.69) is 52.2 Å². The summed E-state index contributed by atoms with van der Waals surface area (Å²) in [6.07, 6.45) is 3.82. The normalized spacial score (nSPS) is 17.0. The van der Waals surface area contributed by atoms with Gasteiger partial charge in [-0.15, -0.1) is 5.10 Å². The van der Waals surface area contributed by atoms with Gasteiger partial charge in [0.2, 0.25) is 0 Å². The van der Waals surface area contributed by atoms with Gasteiger partial charge >= 0.3 is 0 Å². The molecule has 190 valence electrons. The summed E-state index contributed by atoms with van der Waals surface area (Å²) < 4.78 is 13.4. The number of rotatable bonds is 9. The summed E-state index contributed by atoms with van der Waals surface area (Å²) in [5.41, 5.74) is 3.81. The molecule has 5 rings (SSSR count). The molecule has 1 saturated heterocycles. The largest absolute Gasteiger partial charge is 0.467 e. The number of benzene rings is 1. The number of ether oxygens (including phenoxy) is 1. The number of tetrazole rings is 1. The van der Waals surface area contributed by atoms with Crippen molar-refractivity contribution >= 4 is 10.9 Å². The third-order valence-electron chi connectivity index (χ3n) is 6.96. The first-order valence-electron chi connectivity index (χ1n) is 12.7. The van der Waals surface area contributed by atoms with Crippen molar-refractivity contribution < 1.29 is 9.15 Å². The highest BCUT2D eigenvalue weighted by atomic mass is 16.5. The zero-order chi connectivity index (χ0) is 25.2. The topological polar surface area (TPSA) is 102 Å². The van der Waals surface area contributed by atoms with Crippen LogP contribution in [0.15, 0.2) is 45.8 Å². The first-order chi connectivity index (χ1) is 17.4. The molecule has 0 amide bonds. The molecule has 1 aromatic carbocycles. The van der Waals surface area contributed by atoms with E-state index in [9.17, 15) is 4.79 Å². The fourth-order valence-electron chi connectivity index (χ4n) is 5.35. The van der Waals surface area contributed by atoms with Crippen LogP contribution in [0, 0.1) is 19.8 Å². The Labute approximate surface area is 210 Å². The van der Waals surface area contributed by atoms with Gasteiger partial charge in [-0.05, 0) is 78.4 Å². The number of furan rings is 1. The molecule has 9 heteroatoms. The second-order valence-electron chi connectivity index (χ2n) is 10.2. The molecule has 9 nitrogen and oxygen atoms in total. The molecule has 0 spiro atoms. The van der Waals surface area contributed by atoms with Gasteiger partial charge in [0.05, 0.1) is 18.4 Å². The Balaban J connectivity index is 1.53. The first kappa shape index (κ1) is 24.4. The third-order valence-corrected chi connectivity index (χ3v) is 6.96. The quantitative estimate of drug-likeness (QED) is 0.376. The van der Waals surface area contributed by atoms with E-state index in [0.717, 1.165) is 58.6 Å². The number of fused-ring (bicyclic) bond motifs is 1. The highest BCUT2D eigenvalue weighted by molar-refractivity contribution is 5.83. The van der Waals surface area contributed by atoms with Crippen molar-refractivity contribution in [3.63, 3.8) is 0 Å². The fourth-order valence-corrected chi connectivity index (χ4v) is 5.35. The number of H-pyrrole nitrogens is 1. The van der Waals surface area contributed by atoms with Gasteiger partial charge in [0.1, 0.15) is 12.3 Å². The Bertz CT molecular complexity index is 1370. The molecule has 36 heavy (non-hydrogen) atoms. The van der Waals surface area contributed by atoms with Crippen molar-refractivity contribution in [2.45, 2.75) is 65.8 Å². The number of aromatic nitrogens is 5. The predicted octanol–water partition coefficient (Wildman–Crippen LogP) is 4.15. The van der Waals surface area contributed by atoms with Crippen LogP contribution in [-0.4, -0.2) is 49.3 Å². The van der Waals surface area contributed by atoms with E-state index in [0.29, 0.717) is 19.6 Å². The Morgan fingerprint density at radius 3 is 2.83 bits per heavy atom. The number of pyridine rings is 1. The number of aromatic amines is 1. The SMILES string of the molecule is Cc1cc(C)c2cc(CN(C[C@@H]3CCCO3)[C@@H](c3nnnn3Cc3ccco3)C(C)C)c(=O)[nH]c2c1. The van der Waals surface area contributed by atoms with Crippen molar-refractivity contribution in [1.29, 1.82) is 0 Å². The highest BCUT2D eigenvalue weighted by Gasteiger charge is 2.32. The number of nitrogens with zero attached hydrogens (tertiary/aromatic N) is 5. The van der Waals surface area contributed by atoms with Crippen LogP contribution in [-0.2, 0) is 17.8 Å². The first-order valence-corrected chi connectivity index (χ1v) is 12.7. The standard InChI is InChI=1S/C27H34N6O3/c1-17(2)25(26-29-30-31-33(26)16-22-8-6-10-36-22)32(15-21-7-5-9-35-21)14-20-13-23-19(4)11-18(3)12-24(23)28-27(20)34/h6,8,10-13,17,21,25H,5,7,9,14-16H2,1-4H3,(H,28,34)/t21-,25+/m0/s1. The lowest BCUT2D eigenvalue weighted by molar-refractivity contribution is 0.0384. The summed E-state index contributed by atoms with van der Waals surface area (Å²) >= 11 is 0. The fraction of sp³-hybridized carbons (Fsp3) is 0.481. The minimum atomic E-state index is -0.117. The Morgan fingerprint density at radius 2 is 2.11 bits per heavy atom. The van der Waals surface area contributed by atoms with E-state index in [1.54, 1.807) is 10.9 Å². The van der Waals surface area contributed by atoms with Gasteiger partial charge in [-0.1, -0.05) is 19.9 Å². The Hall–Kier alpha value is -3.30. The summed E-state index contributed by atoms with van der Waals surface area (Å²) in [6.45, 7) is 10.8. The van der Waals surface area contributed by atoms with Gasteiger partial charge < -0.3 is 14.1 Å². The van der Waals surface area contributed by atoms with E-state index in [4.69, 9.17) is 9.15 Å². The molecular formula is C27H34N6O3. The predicted molar refractivity (Wildman–Crippen MR) is 137 cm³/mol. The third kappa shape index (κ3) is 5.12. The summed E-state index contributed by atoms with van der Waals surface area (Å²) in [6, 6.07) is 9.87. The van der Waals surface area contributed by atoms with Gasteiger partial charge in [-0.3, -0.25) is 9.69 Å². The van der Waals surface area contributed by atoms with Crippen LogP contribution in [0.25, 0.3) is 10.9 Å². The molecule has 1 aliphatic heterocycles. The maximum Gasteiger partial charge on any atom is 0.252 e. The maximum atomic E-state index is 13.2. The van der Waals surface area contributed by atoms with Crippen LogP contribution < -0.4 is 5.56 Å². The van der Waals surface area contributed by atoms with Crippen LogP contribution >= 0.6 is 0 Å². The molecule has 0 radical (unpaired) electrons. The maximum absolute atomic E-state index is 13.2. The van der Waals surface area contributed by atoms with Gasteiger partial charge in [0.15, 0.2) is 5.82 Å². The van der Waals surface area contributed by atoms with Crippen molar-refractivity contribution in [2.75, 3.05) is 13.2 Å². The molecule has 0 aliphatic carbocycles. The van der Waals surface area contributed by atoms with Crippen LogP contribution in [0.1, 0.15) is 61.0 Å². The average molecular weight is 491 g/mol. The van der Waals surface area contributed by atoms with E-state index in [1.807, 2.05) is 31.2 Å². The number of aryl methyl sites for hydroxylation is 2. The van der Waals surface area contributed by atoms with E-state index < -0.39 is 0 Å². The van der Waals surface area contributed by atoms with Crippen LogP contribution in [0.4, 0.5) is 0 Å². The lowest BCUT2D eigenvalue weighted by atomic mass is 9.99. The highest BCUT2D eigenvalue weighted by Crippen LogP contribution is 2.31. The zero-order valence-corrected chi connectivity index (χ0v) is 21.4. The summed E-state index contributed by atoms with van der Waals surface area (Å²) in [7, 11) is 0. The molecule has 0 bridgehead atoms. The van der Waals surface area contributed by atoms with Crippen LogP contribution in [0.3, 0.4) is 0 Å². The van der Waals surface area contributed by atoms with Crippen molar-refractivity contribution in [1.82, 2.24) is 30.1 Å². The molecule has 1 N–H and O–H groups in total. The Morgan fingerprint density at radius 1 is 1.25 bits per heavy atom. The molecule has 4 aromatic rings. The Kier molecular flexibility index (Phi) is 7.02. The molecule has 0 unspecified atom stereocenters. The van der Waals surface area contributed by atoms with Crippen molar-refractivity contribution in [3.05, 3.63) is 75.2 Å². The number of nitrogens with one attached hydrogen (secondary N) is 1. The van der Waals surface area contributed by atoms with E-state index >= 15 is 0 Å². The second kappa shape index (κ2) is 10.4. The molecule has 1 fully saturated rings. The molecule has 4 heterocycles. The minimum Gasteiger partial charge on any atom is -0.467 e. The van der Waals surface area contributed by atoms with Gasteiger partial charge in [0.25, 0.3) is 5.56 Å². The minimum absolute atomic E-state index is 0.0671. The lowest BCUT2D eigenvalue weighted by Gasteiger charge is -2.35. The molecular weight excluding hydrogens is 456 g/mol. The molecule has 3 aromatic heterocycles. The summed E-state index contributed by atoms with van der Waals surface area (Å²) in [5, 5.41) is 13.8. The van der Waals surface area contributed by atoms with Crippen LogP contribution in [0.2, 0.25) is 0 Å². The van der Waals surface area contributed by atoms with E-state index in [-0.39, 0.29) is 23.6 Å². The van der Waals surface area contributed by atoms with Gasteiger partial charge in [0, 0.05) is 36.2 Å². The average Bonchev–Trinajstić information content (AvgIpc) is 3.59. The summed E-state index contributed by atoms with van der Waals surface area (Å²) in [5.74, 6) is 1.73. The summed E-state index contributed by atoms with van der Waals surface area (Å²) in [4.78, 5) is 18.6.